The largest absolute Gasteiger partial charge is 0.487 e. The van der Waals surface area contributed by atoms with E-state index in [4.69, 9.17) is 4.74 Å². The fourth-order valence-electron chi connectivity index (χ4n) is 2.84. The van der Waals surface area contributed by atoms with Crippen LogP contribution in [0.1, 0.15) is 65.9 Å². The summed E-state index contributed by atoms with van der Waals surface area (Å²) in [7, 11) is 0. The van der Waals surface area contributed by atoms with Gasteiger partial charge in [-0.1, -0.05) is 46.8 Å². The molecule has 1 fully saturated rings. The molecule has 0 spiro atoms. The van der Waals surface area contributed by atoms with Crippen molar-refractivity contribution in [3.63, 3.8) is 0 Å². The average molecular weight is 289 g/mol. The van der Waals surface area contributed by atoms with E-state index in [2.05, 4.69) is 64.2 Å². The van der Waals surface area contributed by atoms with Crippen LogP contribution < -0.4 is 10.1 Å². The third-order valence-corrected chi connectivity index (χ3v) is 4.45. The highest BCUT2D eigenvalue weighted by atomic mass is 16.5. The first-order valence-electron chi connectivity index (χ1n) is 8.34. The molecule has 0 amide bonds. The monoisotopic (exact) mass is 289 g/mol. The first-order chi connectivity index (χ1) is 9.81. The molecule has 0 unspecified atom stereocenters. The van der Waals surface area contributed by atoms with Gasteiger partial charge in [-0.05, 0) is 55.3 Å². The summed E-state index contributed by atoms with van der Waals surface area (Å²) in [5, 5.41) is 3.50. The molecule has 0 heterocycles. The van der Waals surface area contributed by atoms with Gasteiger partial charge in [0.25, 0.3) is 0 Å². The summed E-state index contributed by atoms with van der Waals surface area (Å²) < 4.78 is 6.35. The maximum Gasteiger partial charge on any atom is 0.120 e. The standard InChI is InChI=1S/C19H31NO/c1-15(2)20-14-13-19(11-6-12-19)21-17-9-7-16(8-10-17)18(3,4)5/h7-10,15,20H,6,11-14H2,1-5H3. The highest BCUT2D eigenvalue weighted by molar-refractivity contribution is 5.31. The fourth-order valence-corrected chi connectivity index (χ4v) is 2.84. The van der Waals surface area contributed by atoms with Gasteiger partial charge < -0.3 is 10.1 Å². The third-order valence-electron chi connectivity index (χ3n) is 4.45. The van der Waals surface area contributed by atoms with Gasteiger partial charge in [0.1, 0.15) is 11.4 Å². The van der Waals surface area contributed by atoms with E-state index in [9.17, 15) is 0 Å². The summed E-state index contributed by atoms with van der Waals surface area (Å²) in [6.07, 6.45) is 4.77. The lowest BCUT2D eigenvalue weighted by Crippen LogP contribution is -2.45. The first-order valence-corrected chi connectivity index (χ1v) is 8.34. The van der Waals surface area contributed by atoms with Crippen molar-refractivity contribution in [3.8, 4) is 5.75 Å². The number of ether oxygens (including phenoxy) is 1. The molecule has 1 aromatic carbocycles. The zero-order valence-corrected chi connectivity index (χ0v) is 14.3. The fraction of sp³-hybridized carbons (Fsp3) is 0.684. The molecule has 0 radical (unpaired) electrons. The van der Waals surface area contributed by atoms with Crippen molar-refractivity contribution >= 4 is 0 Å². The SMILES string of the molecule is CC(C)NCCC1(Oc2ccc(C(C)(C)C)cc2)CCC1. The molecule has 1 saturated carbocycles. The molecule has 21 heavy (non-hydrogen) atoms. The molecule has 0 bridgehead atoms. The highest BCUT2D eigenvalue weighted by Gasteiger charge is 2.38. The maximum absolute atomic E-state index is 6.35. The zero-order chi connectivity index (χ0) is 15.5. The van der Waals surface area contributed by atoms with Gasteiger partial charge in [-0.25, -0.2) is 0 Å². The van der Waals surface area contributed by atoms with Gasteiger partial charge in [0, 0.05) is 6.04 Å². The van der Waals surface area contributed by atoms with Gasteiger partial charge in [-0.2, -0.15) is 0 Å². The second-order valence-corrected chi connectivity index (χ2v) is 7.77. The van der Waals surface area contributed by atoms with E-state index in [0.29, 0.717) is 6.04 Å². The Morgan fingerprint density at radius 2 is 1.76 bits per heavy atom. The lowest BCUT2D eigenvalue weighted by atomic mass is 9.77. The topological polar surface area (TPSA) is 21.3 Å². The van der Waals surface area contributed by atoms with E-state index >= 15 is 0 Å². The van der Waals surface area contributed by atoms with Crippen molar-refractivity contribution in [1.29, 1.82) is 0 Å². The van der Waals surface area contributed by atoms with Crippen LogP contribution in [0.4, 0.5) is 0 Å². The molecule has 0 aromatic heterocycles. The van der Waals surface area contributed by atoms with Crippen LogP contribution in [0.2, 0.25) is 0 Å². The van der Waals surface area contributed by atoms with Crippen LogP contribution in [0.3, 0.4) is 0 Å². The lowest BCUT2D eigenvalue weighted by Gasteiger charge is -2.42. The predicted octanol–water partition coefficient (Wildman–Crippen LogP) is 4.67. The summed E-state index contributed by atoms with van der Waals surface area (Å²) in [5.74, 6) is 1.02. The second-order valence-electron chi connectivity index (χ2n) is 7.77. The highest BCUT2D eigenvalue weighted by Crippen LogP contribution is 2.39. The van der Waals surface area contributed by atoms with Gasteiger partial charge in [-0.15, -0.1) is 0 Å². The minimum atomic E-state index is 0.0745. The van der Waals surface area contributed by atoms with Crippen molar-refractivity contribution in [2.75, 3.05) is 6.54 Å². The number of hydrogen-bond donors (Lipinski definition) is 1. The Bertz CT molecular complexity index is 438. The Kier molecular flexibility index (Phi) is 4.98. The molecule has 1 N–H and O–H groups in total. The van der Waals surface area contributed by atoms with Gasteiger partial charge in [0.05, 0.1) is 0 Å². The van der Waals surface area contributed by atoms with Crippen LogP contribution >= 0.6 is 0 Å². The van der Waals surface area contributed by atoms with Crippen molar-refractivity contribution in [3.05, 3.63) is 29.8 Å². The molecule has 0 aliphatic heterocycles. The molecule has 2 rings (SSSR count). The Morgan fingerprint density at radius 3 is 2.19 bits per heavy atom. The van der Waals surface area contributed by atoms with Crippen molar-refractivity contribution in [2.45, 2.75) is 77.4 Å². The summed E-state index contributed by atoms with van der Waals surface area (Å²) in [6.45, 7) is 12.2. The minimum absolute atomic E-state index is 0.0745. The molecule has 1 aliphatic rings. The van der Waals surface area contributed by atoms with E-state index in [-0.39, 0.29) is 11.0 Å². The molecule has 1 aromatic rings. The Morgan fingerprint density at radius 1 is 1.14 bits per heavy atom. The van der Waals surface area contributed by atoms with Crippen LogP contribution in [-0.4, -0.2) is 18.2 Å². The molecule has 1 aliphatic carbocycles. The predicted molar refractivity (Wildman–Crippen MR) is 90.1 cm³/mol. The Balaban J connectivity index is 1.95. The lowest BCUT2D eigenvalue weighted by molar-refractivity contribution is -0.0145. The maximum atomic E-state index is 6.35. The van der Waals surface area contributed by atoms with Gasteiger partial charge in [0.2, 0.25) is 0 Å². The molecule has 118 valence electrons. The number of hydrogen-bond acceptors (Lipinski definition) is 2. The summed E-state index contributed by atoms with van der Waals surface area (Å²) in [6, 6.07) is 9.23. The molecular formula is C19H31NO. The third kappa shape index (κ3) is 4.47. The van der Waals surface area contributed by atoms with E-state index in [1.807, 2.05) is 0 Å². The Hall–Kier alpha value is -1.02. The summed E-state index contributed by atoms with van der Waals surface area (Å²) in [4.78, 5) is 0. The van der Waals surface area contributed by atoms with Crippen molar-refractivity contribution < 1.29 is 4.74 Å². The number of nitrogens with one attached hydrogen (secondary N) is 1. The van der Waals surface area contributed by atoms with Crippen LogP contribution in [0.25, 0.3) is 0 Å². The molecule has 0 saturated heterocycles. The summed E-state index contributed by atoms with van der Waals surface area (Å²) >= 11 is 0. The van der Waals surface area contributed by atoms with Crippen LogP contribution in [-0.2, 0) is 5.41 Å². The van der Waals surface area contributed by atoms with Crippen LogP contribution in [0.5, 0.6) is 5.75 Å². The van der Waals surface area contributed by atoms with E-state index < -0.39 is 0 Å². The molecule has 0 atom stereocenters. The zero-order valence-electron chi connectivity index (χ0n) is 14.3. The average Bonchev–Trinajstić information content (AvgIpc) is 2.34. The van der Waals surface area contributed by atoms with E-state index in [1.165, 1.54) is 24.8 Å². The van der Waals surface area contributed by atoms with Crippen molar-refractivity contribution in [1.82, 2.24) is 5.32 Å². The number of benzene rings is 1. The molecule has 2 nitrogen and oxygen atoms in total. The summed E-state index contributed by atoms with van der Waals surface area (Å²) in [5.41, 5.74) is 1.64. The quantitative estimate of drug-likeness (QED) is 0.821. The number of rotatable bonds is 6. The van der Waals surface area contributed by atoms with E-state index in [1.54, 1.807) is 0 Å². The van der Waals surface area contributed by atoms with Crippen LogP contribution in [0.15, 0.2) is 24.3 Å². The molecular weight excluding hydrogens is 258 g/mol. The van der Waals surface area contributed by atoms with E-state index in [0.717, 1.165) is 18.7 Å². The van der Waals surface area contributed by atoms with Gasteiger partial charge in [0.15, 0.2) is 0 Å². The van der Waals surface area contributed by atoms with Crippen molar-refractivity contribution in [2.24, 2.45) is 0 Å². The Labute approximate surface area is 130 Å². The van der Waals surface area contributed by atoms with Gasteiger partial charge >= 0.3 is 0 Å². The van der Waals surface area contributed by atoms with Crippen LogP contribution in [0, 0.1) is 0 Å². The molecule has 2 heteroatoms. The minimum Gasteiger partial charge on any atom is -0.487 e. The normalized spacial score (nSPS) is 17.6. The van der Waals surface area contributed by atoms with Gasteiger partial charge in [-0.3, -0.25) is 0 Å². The second kappa shape index (κ2) is 6.39. The first kappa shape index (κ1) is 16.4. The smallest absolute Gasteiger partial charge is 0.120 e.